The molecule has 0 unspecified atom stereocenters. The molecule has 3 rings (SSSR count). The van der Waals surface area contributed by atoms with Gasteiger partial charge in [-0.3, -0.25) is 4.98 Å². The molecule has 0 spiro atoms. The van der Waals surface area contributed by atoms with Crippen LogP contribution in [-0.2, 0) is 13.0 Å². The van der Waals surface area contributed by atoms with Crippen LogP contribution in [0.4, 0.5) is 0 Å². The van der Waals surface area contributed by atoms with Gasteiger partial charge < -0.3 is 14.3 Å². The highest BCUT2D eigenvalue weighted by atomic mass is 16.5. The zero-order valence-corrected chi connectivity index (χ0v) is 12.0. The third-order valence-electron chi connectivity index (χ3n) is 3.13. The van der Waals surface area contributed by atoms with E-state index in [1.165, 1.54) is 0 Å². The first-order valence-corrected chi connectivity index (χ1v) is 7.03. The summed E-state index contributed by atoms with van der Waals surface area (Å²) in [6.07, 6.45) is 3.81. The highest BCUT2D eigenvalue weighted by molar-refractivity contribution is 5.54. The number of benzene rings is 1. The summed E-state index contributed by atoms with van der Waals surface area (Å²) in [5.41, 5.74) is 2.50. The Morgan fingerprint density at radius 1 is 1.05 bits per heavy atom. The first-order chi connectivity index (χ1) is 10.8. The molecule has 0 radical (unpaired) electrons. The van der Waals surface area contributed by atoms with Crippen LogP contribution in [0.25, 0.3) is 11.5 Å². The molecule has 112 valence electrons. The maximum Gasteiger partial charge on any atom is 0.226 e. The Balaban J connectivity index is 1.64. The van der Waals surface area contributed by atoms with Crippen LogP contribution in [0.1, 0.15) is 11.4 Å². The topological polar surface area (TPSA) is 68.4 Å². The normalized spacial score (nSPS) is 10.6. The first-order valence-electron chi connectivity index (χ1n) is 7.03. The van der Waals surface area contributed by atoms with E-state index in [4.69, 9.17) is 14.3 Å². The van der Waals surface area contributed by atoms with Gasteiger partial charge in [-0.15, -0.1) is 0 Å². The number of aliphatic hydroxyl groups excluding tert-OH is 1. The molecule has 1 N–H and O–H groups in total. The van der Waals surface area contributed by atoms with Gasteiger partial charge in [0.25, 0.3) is 0 Å². The molecule has 0 amide bonds. The van der Waals surface area contributed by atoms with Gasteiger partial charge in [-0.05, 0) is 36.4 Å². The zero-order valence-electron chi connectivity index (χ0n) is 12.0. The van der Waals surface area contributed by atoms with Crippen LogP contribution in [0, 0.1) is 0 Å². The Kier molecular flexibility index (Phi) is 4.46. The van der Waals surface area contributed by atoms with E-state index in [-0.39, 0.29) is 6.61 Å². The van der Waals surface area contributed by atoms with Gasteiger partial charge >= 0.3 is 0 Å². The second kappa shape index (κ2) is 6.87. The molecule has 0 aliphatic carbocycles. The van der Waals surface area contributed by atoms with Gasteiger partial charge in [0.15, 0.2) is 0 Å². The Labute approximate surface area is 128 Å². The number of oxazole rings is 1. The second-order valence-corrected chi connectivity index (χ2v) is 4.75. The summed E-state index contributed by atoms with van der Waals surface area (Å²) in [5, 5.41) is 8.89. The van der Waals surface area contributed by atoms with Crippen LogP contribution >= 0.6 is 0 Å². The predicted octanol–water partition coefficient (Wildman–Crippen LogP) is 2.85. The van der Waals surface area contributed by atoms with E-state index in [0.717, 1.165) is 22.7 Å². The fraction of sp³-hybridized carbons (Fsp3) is 0.176. The fourth-order valence-electron chi connectivity index (χ4n) is 2.00. The van der Waals surface area contributed by atoms with Crippen molar-refractivity contribution in [3.63, 3.8) is 0 Å². The third kappa shape index (κ3) is 3.51. The van der Waals surface area contributed by atoms with E-state index < -0.39 is 0 Å². The first kappa shape index (κ1) is 14.3. The van der Waals surface area contributed by atoms with Crippen LogP contribution in [0.3, 0.4) is 0 Å². The van der Waals surface area contributed by atoms with Crippen molar-refractivity contribution < 1.29 is 14.3 Å². The SMILES string of the molecule is OCCc1coc(-c2ccc(OCc3ccccn3)cc2)n1. The lowest BCUT2D eigenvalue weighted by molar-refractivity contribution is 0.298. The molecular weight excluding hydrogens is 280 g/mol. The number of hydrogen-bond donors (Lipinski definition) is 1. The second-order valence-electron chi connectivity index (χ2n) is 4.75. The molecule has 2 heterocycles. The molecule has 5 nitrogen and oxygen atoms in total. The van der Waals surface area contributed by atoms with Gasteiger partial charge in [0.1, 0.15) is 18.6 Å². The van der Waals surface area contributed by atoms with Crippen LogP contribution in [0.15, 0.2) is 59.3 Å². The maximum atomic E-state index is 8.89. The minimum absolute atomic E-state index is 0.0618. The monoisotopic (exact) mass is 296 g/mol. The van der Waals surface area contributed by atoms with Crippen molar-refractivity contribution in [3.05, 3.63) is 66.3 Å². The minimum atomic E-state index is 0.0618. The van der Waals surface area contributed by atoms with Crippen molar-refractivity contribution in [3.8, 4) is 17.2 Å². The number of hydrogen-bond acceptors (Lipinski definition) is 5. The van der Waals surface area contributed by atoms with Crippen molar-refractivity contribution >= 4 is 0 Å². The summed E-state index contributed by atoms with van der Waals surface area (Å²) < 4.78 is 11.1. The summed E-state index contributed by atoms with van der Waals surface area (Å²) in [7, 11) is 0. The molecule has 0 aliphatic rings. The molecule has 0 bridgehead atoms. The fourth-order valence-corrected chi connectivity index (χ4v) is 2.00. The highest BCUT2D eigenvalue weighted by Crippen LogP contribution is 2.22. The molecule has 0 saturated heterocycles. The van der Waals surface area contributed by atoms with Crippen LogP contribution in [0.5, 0.6) is 5.75 Å². The van der Waals surface area contributed by atoms with E-state index in [0.29, 0.717) is 18.9 Å². The quantitative estimate of drug-likeness (QED) is 0.757. The van der Waals surface area contributed by atoms with Crippen molar-refractivity contribution in [1.82, 2.24) is 9.97 Å². The van der Waals surface area contributed by atoms with E-state index in [1.54, 1.807) is 12.5 Å². The van der Waals surface area contributed by atoms with Gasteiger partial charge in [0.2, 0.25) is 5.89 Å². The number of nitrogens with zero attached hydrogens (tertiary/aromatic N) is 2. The molecule has 22 heavy (non-hydrogen) atoms. The van der Waals surface area contributed by atoms with Gasteiger partial charge in [0, 0.05) is 24.8 Å². The van der Waals surface area contributed by atoms with Crippen molar-refractivity contribution in [2.45, 2.75) is 13.0 Å². The average Bonchev–Trinajstić information content (AvgIpc) is 3.03. The molecule has 0 atom stereocenters. The lowest BCUT2D eigenvalue weighted by Gasteiger charge is -2.05. The largest absolute Gasteiger partial charge is 0.487 e. The number of aliphatic hydroxyl groups is 1. The van der Waals surface area contributed by atoms with E-state index in [1.807, 2.05) is 42.5 Å². The van der Waals surface area contributed by atoms with Gasteiger partial charge in [-0.25, -0.2) is 4.98 Å². The van der Waals surface area contributed by atoms with Gasteiger partial charge in [-0.1, -0.05) is 6.07 Å². The van der Waals surface area contributed by atoms with Crippen molar-refractivity contribution in [2.24, 2.45) is 0 Å². The number of aromatic nitrogens is 2. The summed E-state index contributed by atoms with van der Waals surface area (Å²) in [6, 6.07) is 13.2. The molecule has 0 fully saturated rings. The molecule has 3 aromatic rings. The predicted molar refractivity (Wildman–Crippen MR) is 81.3 cm³/mol. The summed E-state index contributed by atoms with van der Waals surface area (Å²) >= 11 is 0. The molecule has 2 aromatic heterocycles. The molecule has 0 aliphatic heterocycles. The Morgan fingerprint density at radius 2 is 1.91 bits per heavy atom. The summed E-state index contributed by atoms with van der Waals surface area (Å²) in [4.78, 5) is 8.52. The van der Waals surface area contributed by atoms with Gasteiger partial charge in [0.05, 0.1) is 11.4 Å². The number of pyridine rings is 1. The highest BCUT2D eigenvalue weighted by Gasteiger charge is 2.06. The summed E-state index contributed by atoms with van der Waals surface area (Å²) in [5.74, 6) is 1.30. The van der Waals surface area contributed by atoms with Gasteiger partial charge in [-0.2, -0.15) is 0 Å². The molecule has 1 aromatic carbocycles. The number of ether oxygens (including phenoxy) is 1. The van der Waals surface area contributed by atoms with E-state index in [9.17, 15) is 0 Å². The average molecular weight is 296 g/mol. The third-order valence-corrected chi connectivity index (χ3v) is 3.13. The van der Waals surface area contributed by atoms with Crippen LogP contribution in [-0.4, -0.2) is 21.7 Å². The Morgan fingerprint density at radius 3 is 2.64 bits per heavy atom. The molecule has 0 saturated carbocycles. The van der Waals surface area contributed by atoms with Crippen molar-refractivity contribution in [2.75, 3.05) is 6.61 Å². The van der Waals surface area contributed by atoms with Crippen molar-refractivity contribution in [1.29, 1.82) is 0 Å². The van der Waals surface area contributed by atoms with E-state index >= 15 is 0 Å². The molecular formula is C17H16N2O3. The van der Waals surface area contributed by atoms with E-state index in [2.05, 4.69) is 9.97 Å². The minimum Gasteiger partial charge on any atom is -0.487 e. The smallest absolute Gasteiger partial charge is 0.226 e. The summed E-state index contributed by atoms with van der Waals surface area (Å²) in [6.45, 7) is 0.492. The lowest BCUT2D eigenvalue weighted by atomic mass is 10.2. The van der Waals surface area contributed by atoms with Crippen LogP contribution < -0.4 is 4.74 Å². The standard InChI is InChI=1S/C17H16N2O3/c20-10-8-15-12-22-17(19-15)13-4-6-16(7-5-13)21-11-14-3-1-2-9-18-14/h1-7,9,12,20H,8,10-11H2. The Hall–Kier alpha value is -2.66. The Bertz CT molecular complexity index is 708. The number of rotatable bonds is 6. The molecule has 5 heteroatoms. The maximum absolute atomic E-state index is 8.89. The zero-order chi connectivity index (χ0) is 15.2. The van der Waals surface area contributed by atoms with Crippen LogP contribution in [0.2, 0.25) is 0 Å². The lowest BCUT2D eigenvalue weighted by Crippen LogP contribution is -1.97.